The van der Waals surface area contributed by atoms with Crippen molar-refractivity contribution in [3.8, 4) is 0 Å². The van der Waals surface area contributed by atoms with Gasteiger partial charge in [0.2, 0.25) is 5.91 Å². The molecule has 0 bridgehead atoms. The Kier molecular flexibility index (Phi) is 4.95. The molecule has 1 aliphatic carbocycles. The van der Waals surface area contributed by atoms with Gasteiger partial charge in [-0.25, -0.2) is 0 Å². The van der Waals surface area contributed by atoms with E-state index in [1.807, 2.05) is 12.1 Å². The van der Waals surface area contributed by atoms with Crippen LogP contribution in [-0.4, -0.2) is 18.0 Å². The van der Waals surface area contributed by atoms with Gasteiger partial charge in [0.05, 0.1) is 5.54 Å². The second-order valence-electron chi connectivity index (χ2n) is 6.75. The summed E-state index contributed by atoms with van der Waals surface area (Å²) in [6.45, 7) is 4.12. The molecular formula is C17H25ClN2O. The lowest BCUT2D eigenvalue weighted by atomic mass is 9.69. The summed E-state index contributed by atoms with van der Waals surface area (Å²) >= 11 is 6.00. The smallest absolute Gasteiger partial charge is 0.239 e. The van der Waals surface area contributed by atoms with Gasteiger partial charge in [-0.15, -0.1) is 0 Å². The summed E-state index contributed by atoms with van der Waals surface area (Å²) < 4.78 is 0. The molecule has 4 heteroatoms. The minimum Gasteiger partial charge on any atom is -0.354 e. The Morgan fingerprint density at radius 3 is 2.33 bits per heavy atom. The van der Waals surface area contributed by atoms with E-state index in [4.69, 9.17) is 17.3 Å². The van der Waals surface area contributed by atoms with E-state index in [0.29, 0.717) is 6.54 Å². The Morgan fingerprint density at radius 1 is 1.24 bits per heavy atom. The fourth-order valence-electron chi connectivity index (χ4n) is 3.08. The van der Waals surface area contributed by atoms with Crippen LogP contribution < -0.4 is 11.1 Å². The number of amides is 1. The van der Waals surface area contributed by atoms with E-state index in [9.17, 15) is 4.79 Å². The van der Waals surface area contributed by atoms with Crippen molar-refractivity contribution < 1.29 is 4.79 Å². The van der Waals surface area contributed by atoms with Crippen LogP contribution in [0.5, 0.6) is 0 Å². The molecule has 0 spiro atoms. The van der Waals surface area contributed by atoms with E-state index in [0.717, 1.165) is 17.9 Å². The van der Waals surface area contributed by atoms with E-state index in [1.54, 1.807) is 13.8 Å². The SMILES string of the molecule is CC(C)(N)C(=O)NCC1(c2ccc(Cl)cc2)CCCCC1. The minimum absolute atomic E-state index is 0.0176. The number of carbonyl (C=O) groups excluding carboxylic acids is 1. The first-order chi connectivity index (χ1) is 9.83. The van der Waals surface area contributed by atoms with E-state index in [1.165, 1.54) is 24.8 Å². The monoisotopic (exact) mass is 308 g/mol. The van der Waals surface area contributed by atoms with Gasteiger partial charge in [-0.2, -0.15) is 0 Å². The first-order valence-corrected chi connectivity index (χ1v) is 8.05. The summed E-state index contributed by atoms with van der Waals surface area (Å²) in [5.41, 5.74) is 6.31. The number of rotatable bonds is 4. The van der Waals surface area contributed by atoms with Gasteiger partial charge >= 0.3 is 0 Å². The van der Waals surface area contributed by atoms with Crippen LogP contribution in [0, 0.1) is 0 Å². The quantitative estimate of drug-likeness (QED) is 0.895. The highest BCUT2D eigenvalue weighted by atomic mass is 35.5. The van der Waals surface area contributed by atoms with Crippen molar-refractivity contribution in [2.45, 2.75) is 56.9 Å². The highest BCUT2D eigenvalue weighted by Gasteiger charge is 2.35. The third-order valence-electron chi connectivity index (χ3n) is 4.44. The molecule has 0 aromatic heterocycles. The molecule has 0 saturated heterocycles. The number of halogens is 1. The van der Waals surface area contributed by atoms with Crippen LogP contribution in [0.3, 0.4) is 0 Å². The summed E-state index contributed by atoms with van der Waals surface area (Å²) in [5.74, 6) is -0.0959. The van der Waals surface area contributed by atoms with Crippen LogP contribution in [-0.2, 0) is 10.2 Å². The van der Waals surface area contributed by atoms with Gasteiger partial charge in [-0.3, -0.25) is 4.79 Å². The lowest BCUT2D eigenvalue weighted by Gasteiger charge is -2.38. The summed E-state index contributed by atoms with van der Waals surface area (Å²) in [6.07, 6.45) is 5.86. The van der Waals surface area contributed by atoms with Crippen molar-refractivity contribution in [2.24, 2.45) is 5.73 Å². The van der Waals surface area contributed by atoms with Crippen LogP contribution in [0.25, 0.3) is 0 Å². The summed E-state index contributed by atoms with van der Waals surface area (Å²) in [4.78, 5) is 12.1. The maximum Gasteiger partial charge on any atom is 0.239 e. The van der Waals surface area contributed by atoms with E-state index >= 15 is 0 Å². The zero-order valence-electron chi connectivity index (χ0n) is 12.9. The number of carbonyl (C=O) groups is 1. The second kappa shape index (κ2) is 6.37. The Bertz CT molecular complexity index is 485. The normalized spacial score (nSPS) is 18.3. The van der Waals surface area contributed by atoms with Gasteiger partial charge in [0.25, 0.3) is 0 Å². The molecule has 3 nitrogen and oxygen atoms in total. The standard InChI is InChI=1S/C17H25ClN2O/c1-16(2,19)15(21)20-12-17(10-4-3-5-11-17)13-6-8-14(18)9-7-13/h6-9H,3-5,10-12,19H2,1-2H3,(H,20,21). The Balaban J connectivity index is 2.17. The third kappa shape index (κ3) is 3.98. The molecule has 1 aliphatic rings. The maximum atomic E-state index is 12.1. The molecule has 116 valence electrons. The average Bonchev–Trinajstić information content (AvgIpc) is 2.45. The fraction of sp³-hybridized carbons (Fsp3) is 0.588. The molecule has 0 atom stereocenters. The Labute approximate surface area is 132 Å². The second-order valence-corrected chi connectivity index (χ2v) is 7.19. The topological polar surface area (TPSA) is 55.1 Å². The van der Waals surface area contributed by atoms with Gasteiger partial charge in [0, 0.05) is 17.0 Å². The average molecular weight is 309 g/mol. The molecule has 1 saturated carbocycles. The molecule has 0 aliphatic heterocycles. The molecule has 2 rings (SSSR count). The Hall–Kier alpha value is -1.06. The summed E-state index contributed by atoms with van der Waals surface area (Å²) in [7, 11) is 0. The van der Waals surface area contributed by atoms with Crippen molar-refractivity contribution in [3.05, 3.63) is 34.9 Å². The molecule has 3 N–H and O–H groups in total. The van der Waals surface area contributed by atoms with E-state index < -0.39 is 5.54 Å². The maximum absolute atomic E-state index is 12.1. The number of benzene rings is 1. The zero-order chi connectivity index (χ0) is 15.5. The minimum atomic E-state index is -0.837. The van der Waals surface area contributed by atoms with Crippen molar-refractivity contribution >= 4 is 17.5 Å². The summed E-state index contributed by atoms with van der Waals surface area (Å²) in [5, 5.41) is 3.80. The van der Waals surface area contributed by atoms with Gasteiger partial charge in [-0.1, -0.05) is 43.0 Å². The molecule has 0 radical (unpaired) electrons. The first-order valence-electron chi connectivity index (χ1n) is 7.67. The summed E-state index contributed by atoms with van der Waals surface area (Å²) in [6, 6.07) is 8.05. The van der Waals surface area contributed by atoms with Crippen LogP contribution in [0.4, 0.5) is 0 Å². The molecule has 0 heterocycles. The fourth-order valence-corrected chi connectivity index (χ4v) is 3.20. The zero-order valence-corrected chi connectivity index (χ0v) is 13.7. The van der Waals surface area contributed by atoms with Crippen LogP contribution in [0.1, 0.15) is 51.5 Å². The largest absolute Gasteiger partial charge is 0.354 e. The molecule has 1 aromatic carbocycles. The molecule has 1 fully saturated rings. The van der Waals surface area contributed by atoms with Gasteiger partial charge < -0.3 is 11.1 Å². The molecule has 1 amide bonds. The predicted molar refractivity (Wildman–Crippen MR) is 87.5 cm³/mol. The van der Waals surface area contributed by atoms with Crippen molar-refractivity contribution in [1.82, 2.24) is 5.32 Å². The predicted octanol–water partition coefficient (Wildman–Crippen LogP) is 3.40. The van der Waals surface area contributed by atoms with Crippen molar-refractivity contribution in [2.75, 3.05) is 6.54 Å². The number of hydrogen-bond acceptors (Lipinski definition) is 2. The van der Waals surface area contributed by atoms with Crippen molar-refractivity contribution in [3.63, 3.8) is 0 Å². The van der Waals surface area contributed by atoms with Gasteiger partial charge in [0.1, 0.15) is 0 Å². The highest BCUT2D eigenvalue weighted by molar-refractivity contribution is 6.30. The number of nitrogens with two attached hydrogens (primary N) is 1. The molecule has 0 unspecified atom stereocenters. The van der Waals surface area contributed by atoms with E-state index in [2.05, 4.69) is 17.4 Å². The van der Waals surface area contributed by atoms with Crippen molar-refractivity contribution in [1.29, 1.82) is 0 Å². The first kappa shape index (κ1) is 16.3. The van der Waals surface area contributed by atoms with Crippen LogP contribution in [0.2, 0.25) is 5.02 Å². The van der Waals surface area contributed by atoms with Crippen LogP contribution >= 0.6 is 11.6 Å². The lowest BCUT2D eigenvalue weighted by Crippen LogP contribution is -2.52. The molecule has 1 aromatic rings. The van der Waals surface area contributed by atoms with E-state index in [-0.39, 0.29) is 11.3 Å². The van der Waals surface area contributed by atoms with Gasteiger partial charge in [0.15, 0.2) is 0 Å². The van der Waals surface area contributed by atoms with Gasteiger partial charge in [-0.05, 0) is 44.4 Å². The van der Waals surface area contributed by atoms with Crippen LogP contribution in [0.15, 0.2) is 24.3 Å². The number of hydrogen-bond donors (Lipinski definition) is 2. The number of nitrogens with one attached hydrogen (secondary N) is 1. The molecule has 21 heavy (non-hydrogen) atoms. The Morgan fingerprint density at radius 2 is 1.81 bits per heavy atom. The molecular weight excluding hydrogens is 284 g/mol. The highest BCUT2D eigenvalue weighted by Crippen LogP contribution is 2.39. The lowest BCUT2D eigenvalue weighted by molar-refractivity contribution is -0.125. The third-order valence-corrected chi connectivity index (χ3v) is 4.69.